The number of ether oxygens (including phenoxy) is 1. The predicted octanol–water partition coefficient (Wildman–Crippen LogP) is 3.26. The molecule has 0 aliphatic carbocycles. The van der Waals surface area contributed by atoms with Gasteiger partial charge in [-0.1, -0.05) is 23.8 Å². The van der Waals surface area contributed by atoms with Crippen LogP contribution in [0.4, 0.5) is 5.69 Å². The number of rotatable bonds is 6. The number of fused-ring (bicyclic) bond motifs is 1. The van der Waals surface area contributed by atoms with Gasteiger partial charge in [-0.2, -0.15) is 0 Å². The van der Waals surface area contributed by atoms with Gasteiger partial charge in [-0.15, -0.1) is 0 Å². The SMILES string of the molecule is C/C=C(\C=C(C)C)OCC(N)CN1CCc2ccccc21. The summed E-state index contributed by atoms with van der Waals surface area (Å²) in [5.74, 6) is 0.896. The minimum Gasteiger partial charge on any atom is -0.492 e. The number of nitrogens with zero attached hydrogens (tertiary/aromatic N) is 1. The molecular formula is C18H26N2O. The smallest absolute Gasteiger partial charge is 0.115 e. The van der Waals surface area contributed by atoms with Crippen LogP contribution < -0.4 is 10.6 Å². The molecule has 1 atom stereocenters. The van der Waals surface area contributed by atoms with E-state index >= 15 is 0 Å². The molecule has 0 saturated heterocycles. The lowest BCUT2D eigenvalue weighted by Gasteiger charge is -2.23. The number of allylic oxidation sites excluding steroid dienone is 3. The molecule has 0 saturated carbocycles. The van der Waals surface area contributed by atoms with Crippen molar-refractivity contribution in [2.24, 2.45) is 5.73 Å². The summed E-state index contributed by atoms with van der Waals surface area (Å²) in [6, 6.07) is 8.58. The normalized spacial score (nSPS) is 15.6. The van der Waals surface area contributed by atoms with Crippen molar-refractivity contribution in [3.63, 3.8) is 0 Å². The number of hydrogen-bond acceptors (Lipinski definition) is 3. The first kappa shape index (κ1) is 15.6. The van der Waals surface area contributed by atoms with Gasteiger partial charge in [-0.25, -0.2) is 0 Å². The molecule has 1 unspecified atom stereocenters. The second-order valence-electron chi connectivity index (χ2n) is 5.81. The molecule has 1 aliphatic heterocycles. The van der Waals surface area contributed by atoms with Crippen LogP contribution in [0, 0.1) is 0 Å². The summed E-state index contributed by atoms with van der Waals surface area (Å²) in [5.41, 5.74) is 10.2. The highest BCUT2D eigenvalue weighted by atomic mass is 16.5. The zero-order valence-corrected chi connectivity index (χ0v) is 13.3. The fourth-order valence-electron chi connectivity index (χ4n) is 2.63. The number of anilines is 1. The van der Waals surface area contributed by atoms with E-state index < -0.39 is 0 Å². The third-order valence-corrected chi connectivity index (χ3v) is 3.62. The zero-order valence-electron chi connectivity index (χ0n) is 13.3. The average molecular weight is 286 g/mol. The summed E-state index contributed by atoms with van der Waals surface area (Å²) in [5, 5.41) is 0. The van der Waals surface area contributed by atoms with Crippen LogP contribution >= 0.6 is 0 Å². The molecule has 21 heavy (non-hydrogen) atoms. The summed E-state index contributed by atoms with van der Waals surface area (Å²) < 4.78 is 5.80. The Balaban J connectivity index is 1.86. The van der Waals surface area contributed by atoms with Crippen LogP contribution in [-0.4, -0.2) is 25.7 Å². The Morgan fingerprint density at radius 2 is 2.14 bits per heavy atom. The van der Waals surface area contributed by atoms with E-state index in [1.54, 1.807) is 0 Å². The molecule has 1 aliphatic rings. The molecule has 2 N–H and O–H groups in total. The summed E-state index contributed by atoms with van der Waals surface area (Å²) >= 11 is 0. The largest absolute Gasteiger partial charge is 0.492 e. The highest BCUT2D eigenvalue weighted by Gasteiger charge is 2.20. The molecule has 3 heteroatoms. The van der Waals surface area contributed by atoms with Gasteiger partial charge in [-0.05, 0) is 51.0 Å². The predicted molar refractivity (Wildman–Crippen MR) is 89.5 cm³/mol. The van der Waals surface area contributed by atoms with Crippen LogP contribution in [0.3, 0.4) is 0 Å². The fraction of sp³-hybridized carbons (Fsp3) is 0.444. The lowest BCUT2D eigenvalue weighted by Crippen LogP contribution is -2.39. The Labute approximate surface area is 128 Å². The van der Waals surface area contributed by atoms with Gasteiger partial charge in [0.05, 0.1) is 6.04 Å². The lowest BCUT2D eigenvalue weighted by molar-refractivity contribution is 0.204. The molecule has 0 spiro atoms. The lowest BCUT2D eigenvalue weighted by atomic mass is 10.2. The monoisotopic (exact) mass is 286 g/mol. The molecule has 114 valence electrons. The number of nitrogens with two attached hydrogens (primary N) is 1. The number of para-hydroxylation sites is 1. The van der Waals surface area contributed by atoms with Gasteiger partial charge in [0.2, 0.25) is 0 Å². The van der Waals surface area contributed by atoms with Crippen molar-refractivity contribution in [1.29, 1.82) is 0 Å². The Bertz CT molecular complexity index is 530. The molecule has 1 heterocycles. The maximum Gasteiger partial charge on any atom is 0.115 e. The molecular weight excluding hydrogens is 260 g/mol. The minimum atomic E-state index is 0.0108. The van der Waals surface area contributed by atoms with E-state index in [4.69, 9.17) is 10.5 Å². The van der Waals surface area contributed by atoms with E-state index in [2.05, 4.69) is 43.0 Å². The first-order valence-electron chi connectivity index (χ1n) is 7.62. The van der Waals surface area contributed by atoms with Crippen molar-refractivity contribution < 1.29 is 4.74 Å². The van der Waals surface area contributed by atoms with Crippen molar-refractivity contribution in [2.75, 3.05) is 24.6 Å². The fourth-order valence-corrected chi connectivity index (χ4v) is 2.63. The maximum atomic E-state index is 6.23. The van der Waals surface area contributed by atoms with E-state index in [1.165, 1.54) is 16.8 Å². The van der Waals surface area contributed by atoms with E-state index in [9.17, 15) is 0 Å². The molecule has 3 nitrogen and oxygen atoms in total. The Morgan fingerprint density at radius 3 is 2.86 bits per heavy atom. The van der Waals surface area contributed by atoms with Crippen LogP contribution in [0.15, 0.2) is 47.7 Å². The first-order chi connectivity index (χ1) is 10.1. The van der Waals surface area contributed by atoms with Crippen molar-refractivity contribution in [1.82, 2.24) is 0 Å². The summed E-state index contributed by atoms with van der Waals surface area (Å²) in [4.78, 5) is 2.36. The van der Waals surface area contributed by atoms with Gasteiger partial charge in [-0.3, -0.25) is 0 Å². The summed E-state index contributed by atoms with van der Waals surface area (Å²) in [6.45, 7) is 8.54. The first-order valence-corrected chi connectivity index (χ1v) is 7.62. The van der Waals surface area contributed by atoms with E-state index in [1.807, 2.05) is 19.1 Å². The van der Waals surface area contributed by atoms with Crippen LogP contribution in [0.5, 0.6) is 0 Å². The standard InChI is InChI=1S/C18H26N2O/c1-4-17(11-14(2)3)21-13-16(19)12-20-10-9-15-7-5-6-8-18(15)20/h4-8,11,16H,9-10,12-13,19H2,1-3H3/b17-4+. The topological polar surface area (TPSA) is 38.5 Å². The van der Waals surface area contributed by atoms with Gasteiger partial charge in [0.15, 0.2) is 0 Å². The third kappa shape index (κ3) is 4.36. The second kappa shape index (κ2) is 7.32. The van der Waals surface area contributed by atoms with Gasteiger partial charge in [0.25, 0.3) is 0 Å². The van der Waals surface area contributed by atoms with Gasteiger partial charge < -0.3 is 15.4 Å². The minimum absolute atomic E-state index is 0.0108. The molecule has 0 radical (unpaired) electrons. The molecule has 0 amide bonds. The van der Waals surface area contributed by atoms with E-state index in [-0.39, 0.29) is 6.04 Å². The Hall–Kier alpha value is -1.74. The Kier molecular flexibility index (Phi) is 5.45. The van der Waals surface area contributed by atoms with Gasteiger partial charge >= 0.3 is 0 Å². The maximum absolute atomic E-state index is 6.23. The molecule has 1 aromatic rings. The van der Waals surface area contributed by atoms with Crippen LogP contribution in [0.2, 0.25) is 0 Å². The third-order valence-electron chi connectivity index (χ3n) is 3.62. The van der Waals surface area contributed by atoms with Crippen molar-refractivity contribution in [2.45, 2.75) is 33.2 Å². The average Bonchev–Trinajstić information content (AvgIpc) is 2.86. The van der Waals surface area contributed by atoms with E-state index in [0.717, 1.165) is 25.3 Å². The molecule has 0 fully saturated rings. The number of benzene rings is 1. The summed E-state index contributed by atoms with van der Waals surface area (Å²) in [7, 11) is 0. The van der Waals surface area contributed by atoms with Gasteiger partial charge in [0, 0.05) is 18.8 Å². The van der Waals surface area contributed by atoms with Crippen molar-refractivity contribution in [3.05, 3.63) is 53.3 Å². The Morgan fingerprint density at radius 1 is 1.38 bits per heavy atom. The van der Waals surface area contributed by atoms with Crippen LogP contribution in [-0.2, 0) is 11.2 Å². The zero-order chi connectivity index (χ0) is 15.2. The van der Waals surface area contributed by atoms with Crippen molar-refractivity contribution >= 4 is 5.69 Å². The van der Waals surface area contributed by atoms with Crippen LogP contribution in [0.25, 0.3) is 0 Å². The molecule has 0 bridgehead atoms. The highest BCUT2D eigenvalue weighted by molar-refractivity contribution is 5.57. The molecule has 2 rings (SSSR count). The molecule has 1 aromatic carbocycles. The quantitative estimate of drug-likeness (QED) is 0.644. The highest BCUT2D eigenvalue weighted by Crippen LogP contribution is 2.27. The van der Waals surface area contributed by atoms with Crippen LogP contribution in [0.1, 0.15) is 26.3 Å². The summed E-state index contributed by atoms with van der Waals surface area (Å²) in [6.07, 6.45) is 5.13. The number of hydrogen-bond donors (Lipinski definition) is 1. The second-order valence-corrected chi connectivity index (χ2v) is 5.81. The van der Waals surface area contributed by atoms with Crippen molar-refractivity contribution in [3.8, 4) is 0 Å². The van der Waals surface area contributed by atoms with Gasteiger partial charge in [0.1, 0.15) is 12.4 Å². The van der Waals surface area contributed by atoms with E-state index in [0.29, 0.717) is 6.61 Å². The molecule has 0 aromatic heterocycles.